The molecule has 2 N–H and O–H groups in total. The molecule has 1 unspecified atom stereocenters. The van der Waals surface area contributed by atoms with Crippen molar-refractivity contribution in [3.05, 3.63) is 41.1 Å². The third-order valence-corrected chi connectivity index (χ3v) is 3.30. The Morgan fingerprint density at radius 1 is 1.42 bits per heavy atom. The molecule has 2 aromatic heterocycles. The standard InChI is InChI=1S/C13H13ClN4O/c1-7-6-16-12(19-7)8(2)18-11-5-9(14)3-4-10(11)17-13(18)15/h3-6,8H,1-2H3,(H2,15,17). The van der Waals surface area contributed by atoms with Crippen molar-refractivity contribution >= 4 is 28.6 Å². The lowest BCUT2D eigenvalue weighted by atomic mass is 10.2. The SMILES string of the molecule is Cc1cnc(C(C)n2c(N)nc3ccc(Cl)cc32)o1. The number of nitrogens with zero attached hydrogens (tertiary/aromatic N) is 3. The van der Waals surface area contributed by atoms with Crippen molar-refractivity contribution in [2.75, 3.05) is 5.73 Å². The molecule has 0 spiro atoms. The van der Waals surface area contributed by atoms with Crippen LogP contribution in [0.5, 0.6) is 0 Å². The van der Waals surface area contributed by atoms with Gasteiger partial charge in [0.15, 0.2) is 0 Å². The van der Waals surface area contributed by atoms with E-state index < -0.39 is 0 Å². The van der Waals surface area contributed by atoms with E-state index in [2.05, 4.69) is 9.97 Å². The number of anilines is 1. The van der Waals surface area contributed by atoms with Crippen molar-refractivity contribution < 1.29 is 4.42 Å². The first kappa shape index (κ1) is 12.0. The molecule has 0 aliphatic carbocycles. The summed E-state index contributed by atoms with van der Waals surface area (Å²) < 4.78 is 7.42. The van der Waals surface area contributed by atoms with E-state index in [1.54, 1.807) is 12.3 Å². The van der Waals surface area contributed by atoms with Crippen molar-refractivity contribution in [3.63, 3.8) is 0 Å². The van der Waals surface area contributed by atoms with E-state index in [-0.39, 0.29) is 6.04 Å². The molecule has 0 aliphatic rings. The van der Waals surface area contributed by atoms with Gasteiger partial charge in [0.1, 0.15) is 11.8 Å². The number of aromatic nitrogens is 3. The smallest absolute Gasteiger partial charge is 0.217 e. The summed E-state index contributed by atoms with van der Waals surface area (Å²) in [7, 11) is 0. The summed E-state index contributed by atoms with van der Waals surface area (Å²) in [6.07, 6.45) is 1.69. The molecule has 1 aromatic carbocycles. The molecule has 0 amide bonds. The molecule has 0 saturated heterocycles. The Labute approximate surface area is 115 Å². The monoisotopic (exact) mass is 276 g/mol. The van der Waals surface area contributed by atoms with E-state index in [1.165, 1.54) is 0 Å². The van der Waals surface area contributed by atoms with Crippen molar-refractivity contribution in [3.8, 4) is 0 Å². The summed E-state index contributed by atoms with van der Waals surface area (Å²) in [5.74, 6) is 1.78. The maximum atomic E-state index is 6.03. The summed E-state index contributed by atoms with van der Waals surface area (Å²) in [6, 6.07) is 5.34. The Morgan fingerprint density at radius 3 is 2.89 bits per heavy atom. The second-order valence-corrected chi connectivity index (χ2v) is 4.89. The molecule has 0 radical (unpaired) electrons. The molecular formula is C13H13ClN4O. The quantitative estimate of drug-likeness (QED) is 0.780. The van der Waals surface area contributed by atoms with Gasteiger partial charge in [-0.05, 0) is 32.0 Å². The highest BCUT2D eigenvalue weighted by Crippen LogP contribution is 2.28. The molecule has 19 heavy (non-hydrogen) atoms. The molecule has 98 valence electrons. The topological polar surface area (TPSA) is 69.9 Å². The number of rotatable bonds is 2. The normalized spacial score (nSPS) is 13.0. The van der Waals surface area contributed by atoms with E-state index >= 15 is 0 Å². The van der Waals surface area contributed by atoms with E-state index in [1.807, 2.05) is 30.5 Å². The number of hydrogen-bond acceptors (Lipinski definition) is 4. The number of benzene rings is 1. The number of nitrogen functional groups attached to an aromatic ring is 1. The van der Waals surface area contributed by atoms with Gasteiger partial charge in [-0.15, -0.1) is 0 Å². The second kappa shape index (κ2) is 4.28. The van der Waals surface area contributed by atoms with Crippen LogP contribution in [0, 0.1) is 6.92 Å². The molecule has 0 fully saturated rings. The Balaban J connectivity index is 2.18. The van der Waals surface area contributed by atoms with Gasteiger partial charge in [-0.3, -0.25) is 4.57 Å². The Morgan fingerprint density at radius 2 is 2.21 bits per heavy atom. The van der Waals surface area contributed by atoms with Gasteiger partial charge in [-0.2, -0.15) is 0 Å². The highest BCUT2D eigenvalue weighted by Gasteiger charge is 2.19. The zero-order chi connectivity index (χ0) is 13.6. The van der Waals surface area contributed by atoms with Gasteiger partial charge in [0.25, 0.3) is 0 Å². The van der Waals surface area contributed by atoms with Crippen LogP contribution in [-0.4, -0.2) is 14.5 Å². The molecular weight excluding hydrogens is 264 g/mol. The first-order valence-corrected chi connectivity index (χ1v) is 6.29. The summed E-state index contributed by atoms with van der Waals surface area (Å²) in [5, 5.41) is 0.643. The molecule has 6 heteroatoms. The van der Waals surface area contributed by atoms with Crippen molar-refractivity contribution in [2.45, 2.75) is 19.9 Å². The van der Waals surface area contributed by atoms with Gasteiger partial charge >= 0.3 is 0 Å². The number of oxazole rings is 1. The van der Waals surface area contributed by atoms with Crippen LogP contribution < -0.4 is 5.73 Å². The van der Waals surface area contributed by atoms with Crippen LogP contribution in [0.3, 0.4) is 0 Å². The number of imidazole rings is 1. The summed E-state index contributed by atoms with van der Waals surface area (Å²) in [6.45, 7) is 3.82. The fourth-order valence-corrected chi connectivity index (χ4v) is 2.33. The van der Waals surface area contributed by atoms with Gasteiger partial charge in [0.2, 0.25) is 11.8 Å². The minimum absolute atomic E-state index is 0.142. The zero-order valence-corrected chi connectivity index (χ0v) is 11.3. The van der Waals surface area contributed by atoms with Crippen LogP contribution in [0.2, 0.25) is 5.02 Å². The van der Waals surface area contributed by atoms with Gasteiger partial charge in [-0.25, -0.2) is 9.97 Å². The van der Waals surface area contributed by atoms with Crippen LogP contribution in [0.1, 0.15) is 24.6 Å². The Kier molecular flexibility index (Phi) is 2.71. The van der Waals surface area contributed by atoms with Crippen LogP contribution in [0.25, 0.3) is 11.0 Å². The summed E-state index contributed by atoms with van der Waals surface area (Å²) >= 11 is 6.03. The van der Waals surface area contributed by atoms with E-state index in [4.69, 9.17) is 21.8 Å². The van der Waals surface area contributed by atoms with Crippen LogP contribution in [-0.2, 0) is 0 Å². The highest BCUT2D eigenvalue weighted by molar-refractivity contribution is 6.31. The van der Waals surface area contributed by atoms with Crippen LogP contribution >= 0.6 is 11.6 Å². The molecule has 3 rings (SSSR count). The lowest BCUT2D eigenvalue weighted by Gasteiger charge is -2.12. The number of nitrogens with two attached hydrogens (primary N) is 1. The zero-order valence-electron chi connectivity index (χ0n) is 10.6. The van der Waals surface area contributed by atoms with Crippen LogP contribution in [0.15, 0.2) is 28.8 Å². The molecule has 0 aliphatic heterocycles. The second-order valence-electron chi connectivity index (χ2n) is 4.46. The van der Waals surface area contributed by atoms with Crippen molar-refractivity contribution in [1.82, 2.24) is 14.5 Å². The minimum Gasteiger partial charge on any atom is -0.444 e. The lowest BCUT2D eigenvalue weighted by Crippen LogP contribution is -2.10. The molecule has 1 atom stereocenters. The third kappa shape index (κ3) is 1.96. The predicted octanol–water partition coefficient (Wildman–Crippen LogP) is 3.18. The van der Waals surface area contributed by atoms with E-state index in [9.17, 15) is 0 Å². The Bertz CT molecular complexity index is 746. The predicted molar refractivity (Wildman–Crippen MR) is 74.2 cm³/mol. The number of fused-ring (bicyclic) bond motifs is 1. The van der Waals surface area contributed by atoms with E-state index in [0.717, 1.165) is 16.8 Å². The maximum Gasteiger partial charge on any atom is 0.217 e. The van der Waals surface area contributed by atoms with Gasteiger partial charge in [0, 0.05) is 5.02 Å². The van der Waals surface area contributed by atoms with Crippen molar-refractivity contribution in [1.29, 1.82) is 0 Å². The molecule has 5 nitrogen and oxygen atoms in total. The number of halogens is 1. The molecule has 3 aromatic rings. The summed E-state index contributed by atoms with van der Waals surface area (Å²) in [5.41, 5.74) is 7.66. The first-order valence-electron chi connectivity index (χ1n) is 5.91. The number of aryl methyl sites for hydroxylation is 1. The lowest BCUT2D eigenvalue weighted by molar-refractivity contribution is 0.421. The van der Waals surface area contributed by atoms with Crippen molar-refractivity contribution in [2.24, 2.45) is 0 Å². The van der Waals surface area contributed by atoms with Crippen LogP contribution in [0.4, 0.5) is 5.95 Å². The van der Waals surface area contributed by atoms with Gasteiger partial charge in [-0.1, -0.05) is 11.6 Å². The van der Waals surface area contributed by atoms with Gasteiger partial charge < -0.3 is 10.2 Å². The summed E-state index contributed by atoms with van der Waals surface area (Å²) in [4.78, 5) is 8.56. The molecule has 0 saturated carbocycles. The fourth-order valence-electron chi connectivity index (χ4n) is 2.17. The number of hydrogen-bond donors (Lipinski definition) is 1. The fraction of sp³-hybridized carbons (Fsp3) is 0.231. The molecule has 0 bridgehead atoms. The largest absolute Gasteiger partial charge is 0.444 e. The third-order valence-electron chi connectivity index (χ3n) is 3.06. The average molecular weight is 277 g/mol. The first-order chi connectivity index (χ1) is 9.06. The minimum atomic E-state index is -0.142. The Hall–Kier alpha value is -2.01. The highest BCUT2D eigenvalue weighted by atomic mass is 35.5. The molecule has 2 heterocycles. The maximum absolute atomic E-state index is 6.03. The van der Waals surface area contributed by atoms with E-state index in [0.29, 0.717) is 16.9 Å². The van der Waals surface area contributed by atoms with Gasteiger partial charge in [0.05, 0.1) is 17.2 Å². The average Bonchev–Trinajstić information content (AvgIpc) is 2.91.